The SMILES string of the molecule is CC(=O)C(=O)/C=C/c1ccccc1.CC1CCC(C)CC1.Cc1nc(N(C)C)c2ccccc2n1. The topological polar surface area (TPSA) is 63.2 Å². The molecule has 1 saturated carbocycles. The lowest BCUT2D eigenvalue weighted by Crippen LogP contribution is -2.12. The van der Waals surface area contributed by atoms with Crippen molar-refractivity contribution in [1.82, 2.24) is 9.97 Å². The molecule has 0 radical (unpaired) electrons. The summed E-state index contributed by atoms with van der Waals surface area (Å²) >= 11 is 0. The van der Waals surface area contributed by atoms with E-state index in [1.807, 2.05) is 80.5 Å². The summed E-state index contributed by atoms with van der Waals surface area (Å²) in [4.78, 5) is 32.3. The number of carbonyl (C=O) groups excluding carboxylic acids is 2. The molecule has 0 saturated heterocycles. The van der Waals surface area contributed by atoms with E-state index in [2.05, 4.69) is 23.8 Å². The molecule has 4 rings (SSSR count). The van der Waals surface area contributed by atoms with E-state index >= 15 is 0 Å². The van der Waals surface area contributed by atoms with Gasteiger partial charge in [-0.15, -0.1) is 0 Å². The van der Waals surface area contributed by atoms with E-state index in [4.69, 9.17) is 0 Å². The number of aromatic nitrogens is 2. The summed E-state index contributed by atoms with van der Waals surface area (Å²) in [5.74, 6) is 2.92. The molecule has 5 nitrogen and oxygen atoms in total. The van der Waals surface area contributed by atoms with Crippen molar-refractivity contribution in [2.75, 3.05) is 19.0 Å². The summed E-state index contributed by atoms with van der Waals surface area (Å²) in [6.45, 7) is 7.91. The number of rotatable bonds is 4. The predicted molar refractivity (Wildman–Crippen MR) is 147 cm³/mol. The highest BCUT2D eigenvalue weighted by Gasteiger charge is 2.13. The van der Waals surface area contributed by atoms with Crippen molar-refractivity contribution < 1.29 is 9.59 Å². The molecule has 0 bridgehead atoms. The number of fused-ring (bicyclic) bond motifs is 1. The molecular formula is C30H39N3O2. The molecule has 0 spiro atoms. The molecule has 35 heavy (non-hydrogen) atoms. The Morgan fingerprint density at radius 2 is 1.40 bits per heavy atom. The van der Waals surface area contributed by atoms with Crippen molar-refractivity contribution in [1.29, 1.82) is 0 Å². The molecule has 0 unspecified atom stereocenters. The summed E-state index contributed by atoms with van der Waals surface area (Å²) in [6.07, 6.45) is 8.81. The fourth-order valence-electron chi connectivity index (χ4n) is 3.79. The second kappa shape index (κ2) is 14.1. The lowest BCUT2D eigenvalue weighted by Gasteiger charge is -2.22. The van der Waals surface area contributed by atoms with Crippen molar-refractivity contribution in [3.8, 4) is 0 Å². The third kappa shape index (κ3) is 9.81. The second-order valence-corrected chi connectivity index (χ2v) is 9.54. The van der Waals surface area contributed by atoms with Crippen molar-refractivity contribution in [2.24, 2.45) is 11.8 Å². The molecule has 0 N–H and O–H groups in total. The molecule has 3 aromatic rings. The van der Waals surface area contributed by atoms with Crippen LogP contribution >= 0.6 is 0 Å². The van der Waals surface area contributed by atoms with Crippen LogP contribution in [0, 0.1) is 18.8 Å². The fraction of sp³-hybridized carbons (Fsp3) is 0.400. The molecule has 186 valence electrons. The van der Waals surface area contributed by atoms with E-state index in [0.29, 0.717) is 0 Å². The first-order chi connectivity index (χ1) is 16.7. The van der Waals surface area contributed by atoms with Crippen LogP contribution < -0.4 is 4.90 Å². The van der Waals surface area contributed by atoms with E-state index in [-0.39, 0.29) is 0 Å². The van der Waals surface area contributed by atoms with Gasteiger partial charge in [0.25, 0.3) is 0 Å². The van der Waals surface area contributed by atoms with Gasteiger partial charge in [0.15, 0.2) is 5.78 Å². The van der Waals surface area contributed by atoms with E-state index < -0.39 is 11.6 Å². The van der Waals surface area contributed by atoms with Gasteiger partial charge in [-0.05, 0) is 42.5 Å². The maximum atomic E-state index is 10.9. The van der Waals surface area contributed by atoms with Crippen LogP contribution in [0.5, 0.6) is 0 Å². The highest BCUT2D eigenvalue weighted by Crippen LogP contribution is 2.27. The van der Waals surface area contributed by atoms with Gasteiger partial charge in [-0.2, -0.15) is 0 Å². The molecule has 5 heteroatoms. The summed E-state index contributed by atoms with van der Waals surface area (Å²) in [7, 11) is 3.99. The average molecular weight is 474 g/mol. The van der Waals surface area contributed by atoms with Gasteiger partial charge in [0.1, 0.15) is 11.6 Å². The Morgan fingerprint density at radius 1 is 0.857 bits per heavy atom. The molecule has 0 aliphatic heterocycles. The predicted octanol–water partition coefficient (Wildman–Crippen LogP) is 6.69. The van der Waals surface area contributed by atoms with Crippen molar-refractivity contribution in [3.63, 3.8) is 0 Å². The number of ketones is 2. The van der Waals surface area contributed by atoms with E-state index in [1.54, 1.807) is 6.08 Å². The third-order valence-electron chi connectivity index (χ3n) is 6.00. The summed E-state index contributed by atoms with van der Waals surface area (Å²) in [5, 5.41) is 1.10. The van der Waals surface area contributed by atoms with E-state index in [1.165, 1.54) is 38.7 Å². The molecule has 1 aliphatic carbocycles. The number of benzene rings is 2. The summed E-state index contributed by atoms with van der Waals surface area (Å²) in [5.41, 5.74) is 1.92. The zero-order valence-electron chi connectivity index (χ0n) is 22.0. The van der Waals surface area contributed by atoms with Gasteiger partial charge in [-0.3, -0.25) is 9.59 Å². The van der Waals surface area contributed by atoms with Crippen LogP contribution in [0.4, 0.5) is 5.82 Å². The van der Waals surface area contributed by atoms with Crippen LogP contribution in [0.25, 0.3) is 17.0 Å². The number of Topliss-reactive ketones (excluding diaryl/α,β-unsaturated/α-hetero) is 1. The highest BCUT2D eigenvalue weighted by molar-refractivity contribution is 6.41. The third-order valence-corrected chi connectivity index (χ3v) is 6.00. The lowest BCUT2D eigenvalue weighted by molar-refractivity contribution is -0.132. The number of para-hydroxylation sites is 1. The van der Waals surface area contributed by atoms with Gasteiger partial charge < -0.3 is 4.90 Å². The number of allylic oxidation sites excluding steroid dienone is 1. The average Bonchev–Trinajstić information content (AvgIpc) is 2.85. The van der Waals surface area contributed by atoms with Gasteiger partial charge >= 0.3 is 0 Å². The van der Waals surface area contributed by atoms with Crippen LogP contribution in [-0.2, 0) is 9.59 Å². The first kappa shape index (κ1) is 27.9. The first-order valence-corrected chi connectivity index (χ1v) is 12.4. The zero-order valence-corrected chi connectivity index (χ0v) is 22.0. The monoisotopic (exact) mass is 473 g/mol. The quantitative estimate of drug-likeness (QED) is 0.312. The second-order valence-electron chi connectivity index (χ2n) is 9.54. The maximum Gasteiger partial charge on any atom is 0.221 e. The Bertz CT molecular complexity index is 1100. The van der Waals surface area contributed by atoms with Gasteiger partial charge in [-0.25, -0.2) is 9.97 Å². The smallest absolute Gasteiger partial charge is 0.221 e. The number of anilines is 1. The Labute approximate surface area is 210 Å². The Balaban J connectivity index is 0.000000192. The Kier molecular flexibility index (Phi) is 11.3. The van der Waals surface area contributed by atoms with E-state index in [9.17, 15) is 9.59 Å². The number of carbonyl (C=O) groups is 2. The standard InChI is InChI=1S/C11H13N3.C11H10O2.C8H16/c1-8-12-10-7-5-4-6-9(10)11(13-8)14(2)3;1-9(12)11(13)8-7-10-5-3-2-4-6-10;1-7-3-5-8(2)6-4-7/h4-7H,1-3H3;2-8H,1H3;7-8H,3-6H2,1-2H3/b;8-7+;. The van der Waals surface area contributed by atoms with Crippen LogP contribution in [0.1, 0.15) is 57.8 Å². The Morgan fingerprint density at radius 3 is 1.94 bits per heavy atom. The highest BCUT2D eigenvalue weighted by atomic mass is 16.2. The first-order valence-electron chi connectivity index (χ1n) is 12.4. The number of nitrogens with zero attached hydrogens (tertiary/aromatic N) is 3. The number of hydrogen-bond acceptors (Lipinski definition) is 5. The molecule has 1 fully saturated rings. The molecule has 0 atom stereocenters. The molecule has 2 aromatic carbocycles. The summed E-state index contributed by atoms with van der Waals surface area (Å²) < 4.78 is 0. The zero-order chi connectivity index (χ0) is 25.8. The summed E-state index contributed by atoms with van der Waals surface area (Å²) in [6, 6.07) is 17.4. The molecule has 0 amide bonds. The Hall–Kier alpha value is -3.34. The van der Waals surface area contributed by atoms with E-state index in [0.717, 1.165) is 39.9 Å². The number of aryl methyl sites for hydroxylation is 1. The van der Waals surface area contributed by atoms with Crippen molar-refractivity contribution in [3.05, 3.63) is 72.1 Å². The number of hydrogen-bond donors (Lipinski definition) is 0. The van der Waals surface area contributed by atoms with Gasteiger partial charge in [-0.1, -0.05) is 88.1 Å². The van der Waals surface area contributed by atoms with Gasteiger partial charge in [0.2, 0.25) is 5.78 Å². The minimum absolute atomic E-state index is 0.438. The lowest BCUT2D eigenvalue weighted by atomic mass is 9.84. The van der Waals surface area contributed by atoms with Crippen molar-refractivity contribution >= 4 is 34.4 Å². The van der Waals surface area contributed by atoms with Gasteiger partial charge in [0, 0.05) is 26.4 Å². The largest absolute Gasteiger partial charge is 0.362 e. The van der Waals surface area contributed by atoms with Crippen molar-refractivity contribution in [2.45, 2.75) is 53.4 Å². The molecule has 1 heterocycles. The van der Waals surface area contributed by atoms with Crippen LogP contribution in [0.15, 0.2) is 60.7 Å². The minimum atomic E-state index is -0.469. The van der Waals surface area contributed by atoms with Crippen LogP contribution in [-0.4, -0.2) is 35.6 Å². The fourth-order valence-corrected chi connectivity index (χ4v) is 3.79. The maximum absolute atomic E-state index is 10.9. The van der Waals surface area contributed by atoms with Crippen LogP contribution in [0.2, 0.25) is 0 Å². The minimum Gasteiger partial charge on any atom is -0.362 e. The molecule has 1 aromatic heterocycles. The molecular weight excluding hydrogens is 434 g/mol. The molecule has 1 aliphatic rings. The van der Waals surface area contributed by atoms with Crippen LogP contribution in [0.3, 0.4) is 0 Å². The normalized spacial score (nSPS) is 17.1. The van der Waals surface area contributed by atoms with Gasteiger partial charge in [0.05, 0.1) is 5.52 Å².